The van der Waals surface area contributed by atoms with Crippen molar-refractivity contribution in [3.05, 3.63) is 78.1 Å². The van der Waals surface area contributed by atoms with Crippen LogP contribution < -0.4 is 20.3 Å². The van der Waals surface area contributed by atoms with Crippen molar-refractivity contribution < 1.29 is 9.47 Å². The van der Waals surface area contributed by atoms with Crippen LogP contribution in [-0.2, 0) is 11.3 Å². The predicted molar refractivity (Wildman–Crippen MR) is 129 cm³/mol. The topological polar surface area (TPSA) is 54.0 Å². The van der Waals surface area contributed by atoms with Gasteiger partial charge in [-0.2, -0.15) is 0 Å². The summed E-state index contributed by atoms with van der Waals surface area (Å²) in [4.78, 5) is 2.44. The number of benzene rings is 2. The lowest BCUT2D eigenvalue weighted by atomic mass is 9.68. The van der Waals surface area contributed by atoms with Crippen LogP contribution in [0.15, 0.2) is 66.9 Å². The normalized spacial score (nSPS) is 26.9. The number of aromatic nitrogens is 1. The maximum atomic E-state index is 6.95. The van der Waals surface area contributed by atoms with Gasteiger partial charge in [-0.15, -0.1) is 0 Å². The Balaban J connectivity index is 1.29. The zero-order valence-corrected chi connectivity index (χ0v) is 18.8. The van der Waals surface area contributed by atoms with Crippen molar-refractivity contribution in [2.45, 2.75) is 37.6 Å². The first-order valence-corrected chi connectivity index (χ1v) is 12.1. The number of nitrogens with one attached hydrogen (secondary N) is 2. The number of hydrogen-bond donors (Lipinski definition) is 2. The third kappa shape index (κ3) is 3.08. The van der Waals surface area contributed by atoms with Crippen molar-refractivity contribution in [2.24, 2.45) is 5.41 Å². The Morgan fingerprint density at radius 2 is 1.79 bits per heavy atom. The van der Waals surface area contributed by atoms with E-state index in [-0.39, 0.29) is 17.2 Å². The minimum atomic E-state index is -0.274. The molecule has 2 N–H and O–H groups in total. The first-order chi connectivity index (χ1) is 16.3. The van der Waals surface area contributed by atoms with E-state index in [1.165, 1.54) is 22.6 Å². The fraction of sp³-hybridized carbons (Fsp3) is 0.407. The summed E-state index contributed by atoms with van der Waals surface area (Å²) in [6.07, 6.45) is 5.28. The molecule has 1 unspecified atom stereocenters. The highest BCUT2D eigenvalue weighted by Crippen LogP contribution is 2.56. The molecule has 33 heavy (non-hydrogen) atoms. The summed E-state index contributed by atoms with van der Waals surface area (Å²) in [7, 11) is 0. The lowest BCUT2D eigenvalue weighted by molar-refractivity contribution is -0.0102. The maximum absolute atomic E-state index is 6.95. The number of epoxide rings is 1. The fourth-order valence-electron chi connectivity index (χ4n) is 6.28. The first-order valence-electron chi connectivity index (χ1n) is 12.1. The highest BCUT2D eigenvalue weighted by molar-refractivity contribution is 5.75. The van der Waals surface area contributed by atoms with E-state index in [0.29, 0.717) is 0 Å². The largest absolute Gasteiger partial charge is 0.483 e. The predicted octanol–water partition coefficient (Wildman–Crippen LogP) is 4.35. The van der Waals surface area contributed by atoms with E-state index in [2.05, 4.69) is 87.0 Å². The molecule has 2 fully saturated rings. The average molecular weight is 443 g/mol. The smallest absolute Gasteiger partial charge is 0.167 e. The molecular formula is C27H30N4O2. The van der Waals surface area contributed by atoms with Crippen molar-refractivity contribution in [2.75, 3.05) is 36.6 Å². The summed E-state index contributed by atoms with van der Waals surface area (Å²) >= 11 is 0. The number of ether oxygens (including phenoxy) is 2. The summed E-state index contributed by atoms with van der Waals surface area (Å²) in [5.41, 5.74) is 4.67. The molecule has 4 aliphatic heterocycles. The number of anilines is 2. The number of rotatable bonds is 4. The summed E-state index contributed by atoms with van der Waals surface area (Å²) < 4.78 is 15.7. The van der Waals surface area contributed by atoms with Crippen LogP contribution in [0, 0.1) is 5.41 Å². The van der Waals surface area contributed by atoms with Gasteiger partial charge in [0.15, 0.2) is 5.72 Å². The van der Waals surface area contributed by atoms with Gasteiger partial charge in [-0.05, 0) is 56.3 Å². The standard InChI is InChI=1S/C27H30N4O2/c1-4-10-24-20(6-1)16-30-15-5-9-23(30)25(33-24)26(11-13-28-14-12-26)17-27(18-32-27)31-19-29-21-7-2-3-8-22(21)31/h1-10,15,25,28-29H,11-14,16-19H2/t25?,27-/m1/s1. The highest BCUT2D eigenvalue weighted by Gasteiger charge is 2.59. The van der Waals surface area contributed by atoms with Gasteiger partial charge >= 0.3 is 0 Å². The average Bonchev–Trinajstić information content (AvgIpc) is 3.31. The number of para-hydroxylation sites is 3. The van der Waals surface area contributed by atoms with E-state index in [4.69, 9.17) is 9.47 Å². The zero-order chi connectivity index (χ0) is 21.9. The lowest BCUT2D eigenvalue weighted by Crippen LogP contribution is -2.50. The van der Waals surface area contributed by atoms with Crippen LogP contribution in [0.1, 0.15) is 36.6 Å². The summed E-state index contributed by atoms with van der Waals surface area (Å²) in [6, 6.07) is 21.5. The van der Waals surface area contributed by atoms with Crippen LogP contribution in [0.4, 0.5) is 11.4 Å². The second kappa shape index (κ2) is 7.27. The van der Waals surface area contributed by atoms with Crippen molar-refractivity contribution in [1.82, 2.24) is 9.88 Å². The van der Waals surface area contributed by atoms with Crippen LogP contribution in [0.2, 0.25) is 0 Å². The van der Waals surface area contributed by atoms with Crippen molar-refractivity contribution in [1.29, 1.82) is 0 Å². The van der Waals surface area contributed by atoms with E-state index in [1.54, 1.807) is 0 Å². The molecule has 0 aliphatic carbocycles. The van der Waals surface area contributed by atoms with Crippen molar-refractivity contribution >= 4 is 11.4 Å². The molecule has 2 saturated heterocycles. The van der Waals surface area contributed by atoms with E-state index in [9.17, 15) is 0 Å². The van der Waals surface area contributed by atoms with Crippen LogP contribution in [0.3, 0.4) is 0 Å². The van der Waals surface area contributed by atoms with E-state index < -0.39 is 0 Å². The first kappa shape index (κ1) is 19.5. The van der Waals surface area contributed by atoms with Crippen LogP contribution in [0.5, 0.6) is 5.75 Å². The monoisotopic (exact) mass is 442 g/mol. The Labute approximate surface area is 194 Å². The number of piperidine rings is 1. The molecule has 5 heterocycles. The molecule has 0 bridgehead atoms. The van der Waals surface area contributed by atoms with Crippen molar-refractivity contribution in [3.8, 4) is 5.75 Å². The van der Waals surface area contributed by atoms with Gasteiger partial charge in [-0.3, -0.25) is 0 Å². The van der Waals surface area contributed by atoms with Crippen molar-refractivity contribution in [3.63, 3.8) is 0 Å². The Morgan fingerprint density at radius 1 is 0.970 bits per heavy atom. The highest BCUT2D eigenvalue weighted by atomic mass is 16.6. The minimum absolute atomic E-state index is 0.00914. The lowest BCUT2D eigenvalue weighted by Gasteiger charge is -2.46. The molecule has 7 rings (SSSR count). The Morgan fingerprint density at radius 3 is 2.67 bits per heavy atom. The van der Waals surface area contributed by atoms with Gasteiger partial charge in [0.05, 0.1) is 36.9 Å². The molecule has 2 aromatic carbocycles. The zero-order valence-electron chi connectivity index (χ0n) is 18.8. The number of hydrogen-bond acceptors (Lipinski definition) is 5. The maximum Gasteiger partial charge on any atom is 0.167 e. The second-order valence-corrected chi connectivity index (χ2v) is 9.97. The quantitative estimate of drug-likeness (QED) is 0.589. The molecule has 0 saturated carbocycles. The van der Waals surface area contributed by atoms with Gasteiger partial charge in [0.25, 0.3) is 0 Å². The molecule has 6 nitrogen and oxygen atoms in total. The number of fused-ring (bicyclic) bond motifs is 3. The van der Waals surface area contributed by atoms with E-state index >= 15 is 0 Å². The van der Waals surface area contributed by atoms with Gasteiger partial charge in [-0.1, -0.05) is 30.3 Å². The Bertz CT molecular complexity index is 1180. The molecular weight excluding hydrogens is 412 g/mol. The molecule has 0 amide bonds. The van der Waals surface area contributed by atoms with Crippen LogP contribution >= 0.6 is 0 Å². The van der Waals surface area contributed by atoms with Crippen LogP contribution in [0.25, 0.3) is 0 Å². The SMILES string of the molecule is c1ccc2c(c1)Cn1cccc1C(C1(C[C@]3(N4CNc5ccccc54)CO3)CCNCC1)O2. The Hall–Kier alpha value is -2.96. The Kier molecular flexibility index (Phi) is 4.30. The third-order valence-electron chi connectivity index (χ3n) is 8.07. The van der Waals surface area contributed by atoms with Gasteiger partial charge in [0.1, 0.15) is 11.9 Å². The molecule has 2 atom stereocenters. The van der Waals surface area contributed by atoms with E-state index in [0.717, 1.165) is 57.9 Å². The minimum Gasteiger partial charge on any atom is -0.483 e. The van der Waals surface area contributed by atoms with Crippen LogP contribution in [-0.4, -0.2) is 36.7 Å². The van der Waals surface area contributed by atoms with Gasteiger partial charge in [0.2, 0.25) is 0 Å². The molecule has 1 aromatic heterocycles. The molecule has 170 valence electrons. The summed E-state index contributed by atoms with van der Waals surface area (Å²) in [5.74, 6) is 1.02. The third-order valence-corrected chi connectivity index (χ3v) is 8.07. The summed E-state index contributed by atoms with van der Waals surface area (Å²) in [5, 5.41) is 7.15. The molecule has 4 aliphatic rings. The molecule has 0 radical (unpaired) electrons. The second-order valence-electron chi connectivity index (χ2n) is 9.97. The fourth-order valence-corrected chi connectivity index (χ4v) is 6.28. The molecule has 0 spiro atoms. The molecule has 6 heteroatoms. The summed E-state index contributed by atoms with van der Waals surface area (Å²) in [6.45, 7) is 4.43. The molecule has 3 aromatic rings. The van der Waals surface area contributed by atoms with Gasteiger partial charge < -0.3 is 29.6 Å². The number of nitrogens with zero attached hydrogens (tertiary/aromatic N) is 2. The van der Waals surface area contributed by atoms with Gasteiger partial charge in [-0.25, -0.2) is 0 Å². The van der Waals surface area contributed by atoms with E-state index in [1.807, 2.05) is 0 Å². The van der Waals surface area contributed by atoms with Gasteiger partial charge in [0, 0.05) is 23.6 Å².